The molecule has 1 atom stereocenters. The molecule has 1 saturated heterocycles. The fourth-order valence-corrected chi connectivity index (χ4v) is 7.22. The molecule has 3 aliphatic rings. The van der Waals surface area contributed by atoms with E-state index in [-0.39, 0.29) is 11.5 Å². The summed E-state index contributed by atoms with van der Waals surface area (Å²) in [6.07, 6.45) is 14.0. The molecule has 1 aromatic rings. The molecule has 0 bridgehead atoms. The van der Waals surface area contributed by atoms with Gasteiger partial charge >= 0.3 is 5.97 Å². The average molecular weight is 533 g/mol. The molecule has 0 amide bonds. The Hall–Kier alpha value is -2.03. The van der Waals surface area contributed by atoms with Crippen LogP contribution >= 0.6 is 0 Å². The fraction of sp³-hybridized carbons (Fsp3) is 0.655. The minimum atomic E-state index is -3.18. The summed E-state index contributed by atoms with van der Waals surface area (Å²) in [6, 6.07) is 6.49. The Balaban J connectivity index is 0.000000414. The van der Waals surface area contributed by atoms with Crippen molar-refractivity contribution < 1.29 is 23.1 Å². The summed E-state index contributed by atoms with van der Waals surface area (Å²) < 4.78 is 25.9. The zero-order valence-corrected chi connectivity index (χ0v) is 23.3. The maximum Gasteiger partial charge on any atom is 0.328 e. The first kappa shape index (κ1) is 29.5. The zero-order valence-electron chi connectivity index (χ0n) is 22.5. The maximum atomic E-state index is 12.9. The number of sulfone groups is 1. The number of carbonyl (C=O) groups is 2. The number of carboxylic acids is 1. The summed E-state index contributed by atoms with van der Waals surface area (Å²) in [5, 5.41) is 7.92. The highest BCUT2D eigenvalue weighted by Gasteiger charge is 2.25. The van der Waals surface area contributed by atoms with Crippen LogP contribution in [0.1, 0.15) is 75.8 Å². The van der Waals surface area contributed by atoms with Crippen molar-refractivity contribution in [2.45, 2.75) is 88.6 Å². The number of carbonyl (C=O) groups excluding carboxylic acids is 1. The van der Waals surface area contributed by atoms with Gasteiger partial charge in [0.25, 0.3) is 0 Å². The largest absolute Gasteiger partial charge is 0.478 e. The number of hydrogen-bond acceptors (Lipinski definition) is 6. The van der Waals surface area contributed by atoms with Gasteiger partial charge in [-0.2, -0.15) is 0 Å². The molecule has 1 aromatic carbocycles. The average Bonchev–Trinajstić information content (AvgIpc) is 3.27. The number of nitrogens with zero attached hydrogens (tertiary/aromatic N) is 2. The number of rotatable bonds is 9. The molecule has 1 saturated carbocycles. The van der Waals surface area contributed by atoms with Gasteiger partial charge in [0.15, 0.2) is 15.6 Å². The molecule has 2 aliphatic heterocycles. The summed E-state index contributed by atoms with van der Waals surface area (Å²) >= 11 is 0. The summed E-state index contributed by atoms with van der Waals surface area (Å²) in [5.74, 6) is -0.236. The van der Waals surface area contributed by atoms with Gasteiger partial charge < -0.3 is 10.0 Å². The zero-order chi connectivity index (χ0) is 26.8. The Morgan fingerprint density at radius 3 is 2.41 bits per heavy atom. The molecular formula is C29H44N2O5S. The van der Waals surface area contributed by atoms with Crippen molar-refractivity contribution in [3.8, 4) is 0 Å². The minimum Gasteiger partial charge on any atom is -0.478 e. The molecule has 2 fully saturated rings. The van der Waals surface area contributed by atoms with E-state index in [2.05, 4.69) is 22.9 Å². The van der Waals surface area contributed by atoms with Crippen LogP contribution in [0.25, 0.3) is 0 Å². The summed E-state index contributed by atoms with van der Waals surface area (Å²) in [7, 11) is -1.02. The van der Waals surface area contributed by atoms with Gasteiger partial charge in [-0.05, 0) is 101 Å². The Morgan fingerprint density at radius 1 is 1.03 bits per heavy atom. The smallest absolute Gasteiger partial charge is 0.328 e. The highest BCUT2D eigenvalue weighted by atomic mass is 32.2. The highest BCUT2D eigenvalue weighted by molar-refractivity contribution is 7.91. The van der Waals surface area contributed by atoms with Crippen LogP contribution < -0.4 is 0 Å². The number of likely N-dealkylation sites (tertiary alicyclic amines) is 1. The Bertz CT molecular complexity index is 1030. The van der Waals surface area contributed by atoms with Crippen molar-refractivity contribution >= 4 is 21.6 Å². The third kappa shape index (κ3) is 9.65. The first-order valence-corrected chi connectivity index (χ1v) is 15.5. The van der Waals surface area contributed by atoms with Gasteiger partial charge in [0.05, 0.1) is 10.6 Å². The third-order valence-electron chi connectivity index (χ3n) is 7.95. The van der Waals surface area contributed by atoms with Crippen molar-refractivity contribution in [3.63, 3.8) is 0 Å². The monoisotopic (exact) mass is 532 g/mol. The molecule has 2 heterocycles. The Labute approximate surface area is 222 Å². The van der Waals surface area contributed by atoms with Crippen molar-refractivity contribution in [1.82, 2.24) is 9.80 Å². The summed E-state index contributed by atoms with van der Waals surface area (Å²) in [6.45, 7) is 5.66. The van der Waals surface area contributed by atoms with Gasteiger partial charge in [0, 0.05) is 31.8 Å². The number of allylic oxidation sites excluding steroid dienone is 1. The predicted octanol–water partition coefficient (Wildman–Crippen LogP) is 4.49. The van der Waals surface area contributed by atoms with Crippen molar-refractivity contribution in [1.29, 1.82) is 0 Å². The van der Waals surface area contributed by atoms with Gasteiger partial charge in [-0.25, -0.2) is 13.2 Å². The van der Waals surface area contributed by atoms with E-state index in [0.717, 1.165) is 57.0 Å². The van der Waals surface area contributed by atoms with Gasteiger partial charge in [0.1, 0.15) is 0 Å². The molecule has 7 nitrogen and oxygen atoms in total. The van der Waals surface area contributed by atoms with Crippen molar-refractivity contribution in [2.75, 3.05) is 32.4 Å². The molecule has 8 heteroatoms. The lowest BCUT2D eigenvalue weighted by Gasteiger charge is -2.33. The van der Waals surface area contributed by atoms with E-state index >= 15 is 0 Å². The van der Waals surface area contributed by atoms with E-state index in [4.69, 9.17) is 5.11 Å². The number of carboxylic acid groups (broad SMARTS) is 1. The Morgan fingerprint density at radius 2 is 1.78 bits per heavy atom. The Kier molecular flexibility index (Phi) is 11.3. The topological polar surface area (TPSA) is 95.0 Å². The lowest BCUT2D eigenvalue weighted by Crippen LogP contribution is -2.35. The molecule has 0 radical (unpaired) electrons. The fourth-order valence-electron chi connectivity index (χ4n) is 5.84. The van der Waals surface area contributed by atoms with E-state index in [1.54, 1.807) is 0 Å². The summed E-state index contributed by atoms with van der Waals surface area (Å²) in [4.78, 5) is 25.1. The second-order valence-corrected chi connectivity index (χ2v) is 13.0. The van der Waals surface area contributed by atoms with E-state index < -0.39 is 15.8 Å². The van der Waals surface area contributed by atoms with Crippen LogP contribution in [0.4, 0.5) is 0 Å². The molecule has 37 heavy (non-hydrogen) atoms. The van der Waals surface area contributed by atoms with Crippen LogP contribution in [-0.2, 0) is 32.4 Å². The van der Waals surface area contributed by atoms with E-state index in [9.17, 15) is 18.0 Å². The predicted molar refractivity (Wildman–Crippen MR) is 146 cm³/mol. The van der Waals surface area contributed by atoms with E-state index in [1.165, 1.54) is 69.5 Å². The first-order valence-electron chi connectivity index (χ1n) is 13.8. The van der Waals surface area contributed by atoms with Gasteiger partial charge in [-0.3, -0.25) is 9.69 Å². The van der Waals surface area contributed by atoms with Crippen LogP contribution in [0.15, 0.2) is 35.2 Å². The van der Waals surface area contributed by atoms with Crippen molar-refractivity contribution in [3.05, 3.63) is 41.5 Å². The number of aliphatic carboxylic acids is 1. The standard InChI is InChI=1S/C24H38N2O2S.C5H6O3/c1-25-14-5-9-23(25)10-6-16-29(27,28)24-12-11-21-13-15-26(19-22(21)17-24)18-20-7-3-2-4-8-20;1-4(6)2-3-5(7)8/h11-12,17,20,23H,2-10,13-16,18-19H2,1H3;2-3H,1H3,(H,7,8)/b;3-2+/t23-;/m0./s1. The molecule has 4 rings (SSSR count). The molecule has 206 valence electrons. The SMILES string of the molecule is CC(=O)/C=C/C(=O)O.CN1CCC[C@H]1CCCS(=O)(=O)c1ccc2c(c1)CN(CC1CCCCC1)CC2. The minimum absolute atomic E-state index is 0.257. The lowest BCUT2D eigenvalue weighted by molar-refractivity contribution is -0.131. The molecule has 0 aromatic heterocycles. The number of ketones is 1. The van der Waals surface area contributed by atoms with Crippen LogP contribution in [0.5, 0.6) is 0 Å². The van der Waals surface area contributed by atoms with Crippen LogP contribution in [0.2, 0.25) is 0 Å². The molecule has 0 unspecified atom stereocenters. The first-order chi connectivity index (χ1) is 17.6. The maximum absolute atomic E-state index is 12.9. The van der Waals surface area contributed by atoms with Gasteiger partial charge in [-0.15, -0.1) is 0 Å². The van der Waals surface area contributed by atoms with Gasteiger partial charge in [0.2, 0.25) is 0 Å². The lowest BCUT2D eigenvalue weighted by atomic mass is 9.88. The molecule has 1 N–H and O–H groups in total. The van der Waals surface area contributed by atoms with Crippen LogP contribution in [-0.4, -0.2) is 73.6 Å². The quantitative estimate of drug-likeness (QED) is 0.468. The highest BCUT2D eigenvalue weighted by Crippen LogP contribution is 2.28. The molecule has 1 aliphatic carbocycles. The van der Waals surface area contributed by atoms with E-state index in [1.807, 2.05) is 12.1 Å². The van der Waals surface area contributed by atoms with E-state index in [0.29, 0.717) is 10.9 Å². The van der Waals surface area contributed by atoms with Crippen LogP contribution in [0, 0.1) is 5.92 Å². The number of benzene rings is 1. The second kappa shape index (κ2) is 14.2. The summed E-state index contributed by atoms with van der Waals surface area (Å²) in [5.41, 5.74) is 2.58. The third-order valence-corrected chi connectivity index (χ3v) is 9.75. The van der Waals surface area contributed by atoms with Crippen LogP contribution in [0.3, 0.4) is 0 Å². The number of fused-ring (bicyclic) bond motifs is 1. The molecule has 0 spiro atoms. The molecular weight excluding hydrogens is 488 g/mol. The van der Waals surface area contributed by atoms with Gasteiger partial charge in [-0.1, -0.05) is 25.3 Å². The normalized spacial score (nSPS) is 21.4. The number of hydrogen-bond donors (Lipinski definition) is 1. The van der Waals surface area contributed by atoms with Crippen molar-refractivity contribution in [2.24, 2.45) is 5.92 Å². The second-order valence-electron chi connectivity index (χ2n) is 10.9.